The molecule has 0 saturated carbocycles. The molecule has 1 aromatic heterocycles. The van der Waals surface area contributed by atoms with Crippen molar-refractivity contribution in [3.8, 4) is 28.4 Å². The molecule has 0 radical (unpaired) electrons. The first-order valence-corrected chi connectivity index (χ1v) is 10.7. The molecule has 0 fully saturated rings. The maximum Gasteiger partial charge on any atom is 0.341 e. The summed E-state index contributed by atoms with van der Waals surface area (Å²) in [6, 6.07) is 10.6. The lowest BCUT2D eigenvalue weighted by atomic mass is 10.0. The van der Waals surface area contributed by atoms with E-state index in [2.05, 4.69) is 21.2 Å². The summed E-state index contributed by atoms with van der Waals surface area (Å²) >= 11 is 4.64. The van der Waals surface area contributed by atoms with Crippen molar-refractivity contribution in [3.05, 3.63) is 57.4 Å². The number of ether oxygens (including phenoxy) is 4. The second-order valence-corrected chi connectivity index (χ2v) is 8.02. The Labute approximate surface area is 192 Å². The van der Waals surface area contributed by atoms with Gasteiger partial charge in [0, 0.05) is 21.0 Å². The first-order valence-electron chi connectivity index (χ1n) is 9.00. The molecule has 0 spiro atoms. The number of thiophene rings is 1. The van der Waals surface area contributed by atoms with Gasteiger partial charge in [0.1, 0.15) is 10.6 Å². The number of esters is 1. The van der Waals surface area contributed by atoms with Gasteiger partial charge in [-0.3, -0.25) is 4.79 Å². The molecular formula is C22H20BrNO6S. The number of benzene rings is 2. The Balaban J connectivity index is 2.00. The molecule has 0 aliphatic carbocycles. The molecule has 162 valence electrons. The molecule has 9 heteroatoms. The minimum absolute atomic E-state index is 0.281. The molecule has 7 nitrogen and oxygen atoms in total. The van der Waals surface area contributed by atoms with Crippen molar-refractivity contribution in [1.82, 2.24) is 0 Å². The van der Waals surface area contributed by atoms with Crippen molar-refractivity contribution in [2.24, 2.45) is 0 Å². The largest absolute Gasteiger partial charge is 0.493 e. The molecule has 1 amide bonds. The smallest absolute Gasteiger partial charge is 0.341 e. The highest BCUT2D eigenvalue weighted by atomic mass is 79.9. The molecule has 0 unspecified atom stereocenters. The standard InChI is InChI=1S/C22H20BrNO6S/c1-27-16-9-13(10-17(28-2)19(16)29-3)20(25)24-21-18(22(26)30-4)15(11-31-21)12-5-7-14(23)8-6-12/h5-11H,1-4H3,(H,24,25). The van der Waals surface area contributed by atoms with Crippen molar-refractivity contribution in [2.45, 2.75) is 0 Å². The molecule has 3 aromatic rings. The molecule has 1 N–H and O–H groups in total. The van der Waals surface area contributed by atoms with Crippen LogP contribution in [0.1, 0.15) is 20.7 Å². The van der Waals surface area contributed by atoms with Crippen molar-refractivity contribution in [2.75, 3.05) is 33.8 Å². The summed E-state index contributed by atoms with van der Waals surface area (Å²) in [6.07, 6.45) is 0. The minimum atomic E-state index is -0.542. The molecule has 31 heavy (non-hydrogen) atoms. The van der Waals surface area contributed by atoms with E-state index in [0.29, 0.717) is 27.8 Å². The van der Waals surface area contributed by atoms with Crippen LogP contribution in [0.25, 0.3) is 11.1 Å². The minimum Gasteiger partial charge on any atom is -0.493 e. The van der Waals surface area contributed by atoms with Crippen LogP contribution >= 0.6 is 27.3 Å². The summed E-state index contributed by atoms with van der Waals surface area (Å²) in [5.74, 6) is 0.0993. The van der Waals surface area contributed by atoms with E-state index in [-0.39, 0.29) is 11.1 Å². The van der Waals surface area contributed by atoms with Gasteiger partial charge >= 0.3 is 5.97 Å². The van der Waals surface area contributed by atoms with Gasteiger partial charge in [-0.15, -0.1) is 11.3 Å². The third-order valence-corrected chi connectivity index (χ3v) is 5.91. The number of anilines is 1. The molecule has 0 saturated heterocycles. The van der Waals surface area contributed by atoms with Crippen molar-refractivity contribution in [1.29, 1.82) is 0 Å². The molecule has 0 aliphatic rings. The summed E-state index contributed by atoms with van der Waals surface area (Å²) in [7, 11) is 5.73. The van der Waals surface area contributed by atoms with Crippen LogP contribution in [0.5, 0.6) is 17.2 Å². The number of hydrogen-bond acceptors (Lipinski definition) is 7. The van der Waals surface area contributed by atoms with E-state index in [9.17, 15) is 9.59 Å². The van der Waals surface area contributed by atoms with Crippen LogP contribution in [0, 0.1) is 0 Å². The van der Waals surface area contributed by atoms with Crippen LogP contribution in [-0.2, 0) is 4.74 Å². The van der Waals surface area contributed by atoms with E-state index < -0.39 is 11.9 Å². The zero-order valence-corrected chi connectivity index (χ0v) is 19.7. The number of hydrogen-bond donors (Lipinski definition) is 1. The fourth-order valence-electron chi connectivity index (χ4n) is 2.98. The van der Waals surface area contributed by atoms with Crippen LogP contribution in [0.2, 0.25) is 0 Å². The van der Waals surface area contributed by atoms with Gasteiger partial charge in [0.2, 0.25) is 5.75 Å². The van der Waals surface area contributed by atoms with Crippen LogP contribution < -0.4 is 19.5 Å². The second-order valence-electron chi connectivity index (χ2n) is 6.22. The van der Waals surface area contributed by atoms with E-state index in [0.717, 1.165) is 10.0 Å². The van der Waals surface area contributed by atoms with Crippen LogP contribution in [0.15, 0.2) is 46.3 Å². The van der Waals surface area contributed by atoms with Crippen molar-refractivity contribution in [3.63, 3.8) is 0 Å². The average molecular weight is 506 g/mol. The van der Waals surface area contributed by atoms with Crippen molar-refractivity contribution >= 4 is 44.1 Å². The van der Waals surface area contributed by atoms with Gasteiger partial charge in [0.25, 0.3) is 5.91 Å². The average Bonchev–Trinajstić information content (AvgIpc) is 3.21. The van der Waals surface area contributed by atoms with Gasteiger partial charge in [-0.25, -0.2) is 4.79 Å². The van der Waals surface area contributed by atoms with E-state index in [1.165, 1.54) is 51.9 Å². The summed E-state index contributed by atoms with van der Waals surface area (Å²) in [5, 5.41) is 4.99. The monoisotopic (exact) mass is 505 g/mol. The quantitative estimate of drug-likeness (QED) is 0.442. The highest BCUT2D eigenvalue weighted by molar-refractivity contribution is 9.10. The summed E-state index contributed by atoms with van der Waals surface area (Å²) in [6.45, 7) is 0. The van der Waals surface area contributed by atoms with Gasteiger partial charge in [0.05, 0.1) is 28.4 Å². The fraction of sp³-hybridized carbons (Fsp3) is 0.182. The number of halogens is 1. The van der Waals surface area contributed by atoms with E-state index in [4.69, 9.17) is 18.9 Å². The van der Waals surface area contributed by atoms with Gasteiger partial charge in [0.15, 0.2) is 11.5 Å². The molecule has 0 aliphatic heterocycles. The van der Waals surface area contributed by atoms with Crippen molar-refractivity contribution < 1.29 is 28.5 Å². The number of methoxy groups -OCH3 is 4. The topological polar surface area (TPSA) is 83.1 Å². The highest BCUT2D eigenvalue weighted by Gasteiger charge is 2.24. The maximum atomic E-state index is 13.0. The Morgan fingerprint density at radius 3 is 2.06 bits per heavy atom. The lowest BCUT2D eigenvalue weighted by Crippen LogP contribution is -2.14. The first-order chi connectivity index (χ1) is 14.9. The van der Waals surface area contributed by atoms with E-state index >= 15 is 0 Å². The third kappa shape index (κ3) is 4.67. The third-order valence-electron chi connectivity index (χ3n) is 4.49. The lowest BCUT2D eigenvalue weighted by Gasteiger charge is -2.14. The molecule has 2 aromatic carbocycles. The zero-order chi connectivity index (χ0) is 22.5. The Morgan fingerprint density at radius 1 is 0.935 bits per heavy atom. The SMILES string of the molecule is COC(=O)c1c(-c2ccc(Br)cc2)csc1NC(=O)c1cc(OC)c(OC)c(OC)c1. The Bertz CT molecular complexity index is 1080. The van der Waals surface area contributed by atoms with E-state index in [1.807, 2.05) is 24.3 Å². The van der Waals surface area contributed by atoms with Crippen LogP contribution in [0.3, 0.4) is 0 Å². The number of rotatable bonds is 7. The number of amides is 1. The molecule has 1 heterocycles. The van der Waals surface area contributed by atoms with Gasteiger partial charge in [-0.1, -0.05) is 28.1 Å². The Hall–Kier alpha value is -3.04. The molecule has 3 rings (SSSR count). The second kappa shape index (κ2) is 9.84. The molecular weight excluding hydrogens is 486 g/mol. The van der Waals surface area contributed by atoms with Gasteiger partial charge < -0.3 is 24.3 Å². The Morgan fingerprint density at radius 2 is 1.55 bits per heavy atom. The summed E-state index contributed by atoms with van der Waals surface area (Å²) in [5.41, 5.74) is 2.07. The van der Waals surface area contributed by atoms with Gasteiger partial charge in [-0.2, -0.15) is 0 Å². The zero-order valence-electron chi connectivity index (χ0n) is 17.3. The number of carbonyl (C=O) groups is 2. The predicted molar refractivity (Wildman–Crippen MR) is 123 cm³/mol. The van der Waals surface area contributed by atoms with Gasteiger partial charge in [-0.05, 0) is 29.8 Å². The number of nitrogens with one attached hydrogen (secondary N) is 1. The lowest BCUT2D eigenvalue weighted by molar-refractivity contribution is 0.0603. The summed E-state index contributed by atoms with van der Waals surface area (Å²) in [4.78, 5) is 25.5. The normalized spacial score (nSPS) is 10.4. The number of carbonyl (C=O) groups excluding carboxylic acids is 2. The Kier molecular flexibility index (Phi) is 7.19. The molecule has 0 bridgehead atoms. The molecule has 0 atom stereocenters. The maximum absolute atomic E-state index is 13.0. The highest BCUT2D eigenvalue weighted by Crippen LogP contribution is 2.40. The van der Waals surface area contributed by atoms with Crippen LogP contribution in [0.4, 0.5) is 5.00 Å². The van der Waals surface area contributed by atoms with Crippen LogP contribution in [-0.4, -0.2) is 40.3 Å². The summed E-state index contributed by atoms with van der Waals surface area (Å²) < 4.78 is 21.8. The van der Waals surface area contributed by atoms with E-state index in [1.54, 1.807) is 5.38 Å². The fourth-order valence-corrected chi connectivity index (χ4v) is 4.20. The first kappa shape index (κ1) is 22.6. The predicted octanol–water partition coefficient (Wildman–Crippen LogP) is 5.24.